The highest BCUT2D eigenvalue weighted by molar-refractivity contribution is 5.79. The second kappa shape index (κ2) is 11.8. The Morgan fingerprint density at radius 1 is 0.659 bits per heavy atom. The highest BCUT2D eigenvalue weighted by Gasteiger charge is 2.44. The zero-order valence-electron chi connectivity index (χ0n) is 24.2. The number of aliphatic carboxylic acids is 1. The van der Waals surface area contributed by atoms with E-state index in [0.29, 0.717) is 26.1 Å². The number of benzene rings is 4. The van der Waals surface area contributed by atoms with E-state index >= 15 is 0 Å². The topological polar surface area (TPSA) is 81.5 Å². The van der Waals surface area contributed by atoms with Gasteiger partial charge in [-0.05, 0) is 78.9 Å². The smallest absolute Gasteiger partial charge is 0.306 e. The van der Waals surface area contributed by atoms with Crippen LogP contribution in [0, 0.1) is 5.92 Å². The van der Waals surface area contributed by atoms with Crippen molar-refractivity contribution in [3.63, 3.8) is 0 Å². The van der Waals surface area contributed by atoms with Crippen LogP contribution in [0.3, 0.4) is 0 Å². The Hall–Kier alpha value is -5.23. The van der Waals surface area contributed by atoms with Crippen LogP contribution in [-0.2, 0) is 23.4 Å². The minimum absolute atomic E-state index is 0.368. The van der Waals surface area contributed by atoms with E-state index in [9.17, 15) is 9.90 Å². The number of nitrogens with zero attached hydrogens (tertiary/aromatic N) is 2. The van der Waals surface area contributed by atoms with Crippen molar-refractivity contribution in [2.45, 2.75) is 37.9 Å². The predicted octanol–water partition coefficient (Wildman–Crippen LogP) is 8.11. The molecule has 6 heteroatoms. The molecule has 6 nitrogen and oxygen atoms in total. The Labute approximate surface area is 256 Å². The van der Waals surface area contributed by atoms with Crippen molar-refractivity contribution in [2.75, 3.05) is 0 Å². The molecule has 1 aliphatic rings. The molecule has 0 saturated heterocycles. The number of ether oxygens (including phenoxy) is 2. The molecule has 0 amide bonds. The average Bonchev–Trinajstić information content (AvgIpc) is 3.54. The lowest BCUT2D eigenvalue weighted by Crippen LogP contribution is -2.25. The number of rotatable bonds is 9. The van der Waals surface area contributed by atoms with E-state index in [1.807, 2.05) is 84.9 Å². The van der Waals surface area contributed by atoms with Gasteiger partial charge in [0.25, 0.3) is 0 Å². The van der Waals surface area contributed by atoms with Gasteiger partial charge in [0.05, 0.1) is 28.3 Å². The number of carboxylic acids is 1. The van der Waals surface area contributed by atoms with Crippen molar-refractivity contribution < 1.29 is 19.4 Å². The van der Waals surface area contributed by atoms with Crippen LogP contribution in [0.5, 0.6) is 11.5 Å². The highest BCUT2D eigenvalue weighted by Crippen LogP contribution is 2.49. The second-order valence-corrected chi connectivity index (χ2v) is 11.5. The Bertz CT molecular complexity index is 1810. The van der Waals surface area contributed by atoms with E-state index in [2.05, 4.69) is 36.4 Å². The molecule has 7 rings (SSSR count). The molecule has 0 bridgehead atoms. The Morgan fingerprint density at radius 2 is 1.14 bits per heavy atom. The van der Waals surface area contributed by atoms with Gasteiger partial charge in [-0.25, -0.2) is 9.97 Å². The molecule has 1 N–H and O–H groups in total. The molecule has 0 radical (unpaired) electrons. The summed E-state index contributed by atoms with van der Waals surface area (Å²) >= 11 is 0. The summed E-state index contributed by atoms with van der Waals surface area (Å²) in [5.74, 6) is 0.368. The maximum absolute atomic E-state index is 12.0. The molecule has 218 valence electrons. The number of hydrogen-bond donors (Lipinski definition) is 1. The third-order valence-electron chi connectivity index (χ3n) is 8.76. The van der Waals surface area contributed by atoms with Gasteiger partial charge in [-0.3, -0.25) is 4.79 Å². The van der Waals surface area contributed by atoms with Crippen LogP contribution in [0.15, 0.2) is 121 Å². The summed E-state index contributed by atoms with van der Waals surface area (Å²) in [5, 5.41) is 12.1. The molecule has 1 aliphatic carbocycles. The number of hydrogen-bond acceptors (Lipinski definition) is 5. The van der Waals surface area contributed by atoms with E-state index in [4.69, 9.17) is 19.4 Å². The number of pyridine rings is 2. The predicted molar refractivity (Wildman–Crippen MR) is 171 cm³/mol. The van der Waals surface area contributed by atoms with Gasteiger partial charge in [0, 0.05) is 16.2 Å². The van der Waals surface area contributed by atoms with Gasteiger partial charge in [0.15, 0.2) is 0 Å². The van der Waals surface area contributed by atoms with Crippen LogP contribution in [0.2, 0.25) is 0 Å². The first-order valence-electron chi connectivity index (χ1n) is 14.9. The standard InChI is InChI=1S/C38H32N2O4/c41-37(42)28-21-22-38(23-28,29-11-17-33(18-12-29)43-24-31-15-9-26-5-1-3-7-35(26)39-31)30-13-19-34(20-14-30)44-25-32-16-10-27-6-2-4-8-36(27)40-32/h1-20,28H,21-25H2,(H,41,42). The third kappa shape index (κ3) is 5.59. The molecule has 1 saturated carbocycles. The normalized spacial score (nSPS) is 15.8. The highest BCUT2D eigenvalue weighted by atomic mass is 16.5. The molecule has 2 heterocycles. The van der Waals surface area contributed by atoms with E-state index in [-0.39, 0.29) is 5.92 Å². The maximum Gasteiger partial charge on any atom is 0.306 e. The maximum atomic E-state index is 12.0. The molecule has 1 atom stereocenters. The lowest BCUT2D eigenvalue weighted by atomic mass is 9.72. The summed E-state index contributed by atoms with van der Waals surface area (Å²) in [4.78, 5) is 21.4. The molecular formula is C38H32N2O4. The quantitative estimate of drug-likeness (QED) is 0.186. The molecule has 4 aromatic carbocycles. The monoisotopic (exact) mass is 580 g/mol. The van der Waals surface area contributed by atoms with Crippen molar-refractivity contribution in [2.24, 2.45) is 5.92 Å². The number of aromatic nitrogens is 2. The van der Waals surface area contributed by atoms with Gasteiger partial charge in [-0.2, -0.15) is 0 Å². The molecule has 0 spiro atoms. The van der Waals surface area contributed by atoms with Crippen LogP contribution in [0.25, 0.3) is 21.8 Å². The lowest BCUT2D eigenvalue weighted by Gasteiger charge is -2.31. The average molecular weight is 581 g/mol. The summed E-state index contributed by atoms with van der Waals surface area (Å²) in [5.41, 5.74) is 5.40. The summed E-state index contributed by atoms with van der Waals surface area (Å²) < 4.78 is 12.2. The van der Waals surface area contributed by atoms with E-state index in [1.54, 1.807) is 0 Å². The number of carbonyl (C=O) groups is 1. The first kappa shape index (κ1) is 27.6. The van der Waals surface area contributed by atoms with Crippen LogP contribution in [0.4, 0.5) is 0 Å². The minimum Gasteiger partial charge on any atom is -0.487 e. The van der Waals surface area contributed by atoms with Crippen LogP contribution >= 0.6 is 0 Å². The van der Waals surface area contributed by atoms with Gasteiger partial charge in [0.2, 0.25) is 0 Å². The van der Waals surface area contributed by atoms with E-state index < -0.39 is 11.4 Å². The molecule has 6 aromatic rings. The molecule has 0 aliphatic heterocycles. The van der Waals surface area contributed by atoms with Crippen molar-refractivity contribution >= 4 is 27.8 Å². The summed E-state index contributed by atoms with van der Waals surface area (Å²) in [7, 11) is 0. The van der Waals surface area contributed by atoms with Crippen LogP contribution < -0.4 is 9.47 Å². The first-order valence-corrected chi connectivity index (χ1v) is 14.9. The lowest BCUT2D eigenvalue weighted by molar-refractivity contribution is -0.141. The summed E-state index contributed by atoms with van der Waals surface area (Å²) in [6.45, 7) is 0.735. The summed E-state index contributed by atoms with van der Waals surface area (Å²) in [6.07, 6.45) is 1.93. The fraction of sp³-hybridized carbons (Fsp3) is 0.184. The molecule has 2 aromatic heterocycles. The SMILES string of the molecule is O=C(O)C1CCC(c2ccc(OCc3ccc4ccccc4n3)cc2)(c2ccc(OCc3ccc4ccccc4n3)cc2)C1. The Kier molecular flexibility index (Phi) is 7.40. The van der Waals surface area contributed by atoms with Crippen molar-refractivity contribution in [3.05, 3.63) is 144 Å². The number of carboxylic acid groups (broad SMARTS) is 1. The number of fused-ring (bicyclic) bond motifs is 2. The summed E-state index contributed by atoms with van der Waals surface area (Å²) in [6, 6.07) is 40.3. The Balaban J connectivity index is 1.07. The van der Waals surface area contributed by atoms with Gasteiger partial charge in [-0.1, -0.05) is 72.8 Å². The van der Waals surface area contributed by atoms with Crippen molar-refractivity contribution in [1.29, 1.82) is 0 Å². The molecule has 44 heavy (non-hydrogen) atoms. The minimum atomic E-state index is -0.738. The van der Waals surface area contributed by atoms with E-state index in [0.717, 1.165) is 62.2 Å². The number of para-hydroxylation sites is 2. The third-order valence-corrected chi connectivity index (χ3v) is 8.76. The fourth-order valence-electron chi connectivity index (χ4n) is 6.38. The van der Waals surface area contributed by atoms with Crippen LogP contribution in [-0.4, -0.2) is 21.0 Å². The van der Waals surface area contributed by atoms with Crippen molar-refractivity contribution in [1.82, 2.24) is 9.97 Å². The fourth-order valence-corrected chi connectivity index (χ4v) is 6.38. The second-order valence-electron chi connectivity index (χ2n) is 11.5. The Morgan fingerprint density at radius 3 is 1.59 bits per heavy atom. The zero-order valence-corrected chi connectivity index (χ0v) is 24.2. The largest absolute Gasteiger partial charge is 0.487 e. The molecule has 1 unspecified atom stereocenters. The van der Waals surface area contributed by atoms with Crippen LogP contribution in [0.1, 0.15) is 41.8 Å². The van der Waals surface area contributed by atoms with Gasteiger partial charge in [0.1, 0.15) is 24.7 Å². The van der Waals surface area contributed by atoms with Gasteiger partial charge < -0.3 is 14.6 Å². The van der Waals surface area contributed by atoms with Gasteiger partial charge in [-0.15, -0.1) is 0 Å². The van der Waals surface area contributed by atoms with Gasteiger partial charge >= 0.3 is 5.97 Å². The molecule has 1 fully saturated rings. The zero-order chi connectivity index (χ0) is 29.9. The van der Waals surface area contributed by atoms with E-state index in [1.165, 1.54) is 0 Å². The first-order chi connectivity index (χ1) is 21.6. The van der Waals surface area contributed by atoms with Crippen molar-refractivity contribution in [3.8, 4) is 11.5 Å². The molecular weight excluding hydrogens is 548 g/mol.